The molecule has 0 radical (unpaired) electrons. The Balaban J connectivity index is 1.49. The molecular weight excluding hydrogens is 279 g/mol. The number of carbonyl (C=O) groups is 1. The van der Waals surface area contributed by atoms with Crippen LogP contribution in [-0.2, 0) is 6.54 Å². The number of carbonyl (C=O) groups excluding carboxylic acids is 1. The van der Waals surface area contributed by atoms with Crippen molar-refractivity contribution in [3.63, 3.8) is 0 Å². The molecule has 1 aliphatic rings. The van der Waals surface area contributed by atoms with Crippen LogP contribution in [0.2, 0.25) is 0 Å². The van der Waals surface area contributed by atoms with Crippen molar-refractivity contribution in [1.82, 2.24) is 15.5 Å². The van der Waals surface area contributed by atoms with E-state index in [0.717, 1.165) is 23.4 Å². The summed E-state index contributed by atoms with van der Waals surface area (Å²) in [6.07, 6.45) is 2.32. The lowest BCUT2D eigenvalue weighted by Crippen LogP contribution is -2.28. The molecule has 104 valence electrons. The number of hydrogen-bond acceptors (Lipinski definition) is 4. The summed E-state index contributed by atoms with van der Waals surface area (Å²) < 4.78 is 12.7. The molecule has 5 nitrogen and oxygen atoms in total. The van der Waals surface area contributed by atoms with Gasteiger partial charge in [0, 0.05) is 12.5 Å². The zero-order valence-electron chi connectivity index (χ0n) is 10.6. The van der Waals surface area contributed by atoms with Gasteiger partial charge in [-0.2, -0.15) is 0 Å². The second-order valence-corrected chi connectivity index (χ2v) is 5.66. The van der Waals surface area contributed by atoms with Gasteiger partial charge >= 0.3 is 6.03 Å². The molecule has 1 aliphatic carbocycles. The van der Waals surface area contributed by atoms with Gasteiger partial charge in [-0.1, -0.05) is 23.5 Å². The minimum absolute atomic E-state index is 0.292. The molecule has 0 aliphatic heterocycles. The number of urea groups is 1. The molecule has 7 heteroatoms. The normalized spacial score (nSPS) is 14.1. The molecule has 1 fully saturated rings. The molecule has 2 N–H and O–H groups in total. The van der Waals surface area contributed by atoms with Crippen LogP contribution in [-0.4, -0.2) is 16.2 Å². The highest BCUT2D eigenvalue weighted by Gasteiger charge is 2.27. The Bertz CT molecular complexity index is 609. The molecule has 1 saturated carbocycles. The predicted molar refractivity (Wildman–Crippen MR) is 74.1 cm³/mol. The monoisotopic (exact) mass is 292 g/mol. The largest absolute Gasteiger partial charge is 0.334 e. The van der Waals surface area contributed by atoms with Gasteiger partial charge in [-0.05, 0) is 30.5 Å². The van der Waals surface area contributed by atoms with Crippen molar-refractivity contribution in [2.24, 2.45) is 0 Å². The first-order valence-electron chi connectivity index (χ1n) is 6.33. The van der Waals surface area contributed by atoms with Crippen LogP contribution in [0.4, 0.5) is 14.3 Å². The fourth-order valence-electron chi connectivity index (χ4n) is 1.71. The first-order chi connectivity index (χ1) is 9.70. The van der Waals surface area contributed by atoms with Crippen molar-refractivity contribution in [2.75, 3.05) is 5.32 Å². The number of hydrogen-bond donors (Lipinski definition) is 2. The van der Waals surface area contributed by atoms with E-state index < -0.39 is 0 Å². The molecule has 0 saturated heterocycles. The van der Waals surface area contributed by atoms with Gasteiger partial charge < -0.3 is 5.32 Å². The first kappa shape index (κ1) is 13.0. The molecule has 0 unspecified atom stereocenters. The van der Waals surface area contributed by atoms with Crippen molar-refractivity contribution in [2.45, 2.75) is 25.3 Å². The fourth-order valence-corrected chi connectivity index (χ4v) is 2.61. The van der Waals surface area contributed by atoms with Gasteiger partial charge in [0.2, 0.25) is 5.13 Å². The van der Waals surface area contributed by atoms with Crippen molar-refractivity contribution >= 4 is 22.5 Å². The van der Waals surface area contributed by atoms with E-state index in [1.165, 1.54) is 23.5 Å². The van der Waals surface area contributed by atoms with Gasteiger partial charge in [-0.3, -0.25) is 5.32 Å². The summed E-state index contributed by atoms with van der Waals surface area (Å²) >= 11 is 1.41. The Hall–Kier alpha value is -2.02. The summed E-state index contributed by atoms with van der Waals surface area (Å²) in [5.74, 6) is 0.241. The van der Waals surface area contributed by atoms with E-state index in [2.05, 4.69) is 20.8 Å². The van der Waals surface area contributed by atoms with E-state index in [0.29, 0.717) is 17.6 Å². The van der Waals surface area contributed by atoms with Crippen LogP contribution in [0.15, 0.2) is 24.3 Å². The Kier molecular flexibility index (Phi) is 3.60. The van der Waals surface area contributed by atoms with Gasteiger partial charge in [-0.25, -0.2) is 9.18 Å². The molecule has 2 aromatic rings. The summed E-state index contributed by atoms with van der Waals surface area (Å²) in [6, 6.07) is 5.65. The lowest BCUT2D eigenvalue weighted by Gasteiger charge is -2.05. The highest BCUT2D eigenvalue weighted by atomic mass is 32.1. The van der Waals surface area contributed by atoms with Crippen LogP contribution in [0.25, 0.3) is 0 Å². The standard InChI is InChI=1S/C13H13FN4OS/c14-10-5-1-8(2-6-10)7-15-12(19)16-13-18-17-11(20-13)9-3-4-9/h1-2,5-6,9H,3-4,7H2,(H2,15,16,18,19). The van der Waals surface area contributed by atoms with Crippen LogP contribution in [0.1, 0.15) is 29.3 Å². The first-order valence-corrected chi connectivity index (χ1v) is 7.15. The van der Waals surface area contributed by atoms with Crippen LogP contribution < -0.4 is 10.6 Å². The fraction of sp³-hybridized carbons (Fsp3) is 0.308. The summed E-state index contributed by atoms with van der Waals surface area (Å²) in [5, 5.41) is 14.8. The number of halogens is 1. The van der Waals surface area contributed by atoms with E-state index >= 15 is 0 Å². The zero-order chi connectivity index (χ0) is 13.9. The van der Waals surface area contributed by atoms with E-state index in [9.17, 15) is 9.18 Å². The van der Waals surface area contributed by atoms with Crippen molar-refractivity contribution in [3.05, 3.63) is 40.7 Å². The number of amides is 2. The third kappa shape index (κ3) is 3.30. The maximum atomic E-state index is 12.7. The number of nitrogens with one attached hydrogen (secondary N) is 2. The average Bonchev–Trinajstić information content (AvgIpc) is 3.19. The molecule has 0 atom stereocenters. The van der Waals surface area contributed by atoms with Crippen LogP contribution in [0, 0.1) is 5.82 Å². The van der Waals surface area contributed by atoms with Gasteiger partial charge in [0.05, 0.1) is 0 Å². The summed E-state index contributed by atoms with van der Waals surface area (Å²) in [6.45, 7) is 0.334. The SMILES string of the molecule is O=C(NCc1ccc(F)cc1)Nc1nnc(C2CC2)s1. The number of nitrogens with zero attached hydrogens (tertiary/aromatic N) is 2. The molecule has 0 spiro atoms. The minimum atomic E-state index is -0.340. The number of rotatable bonds is 4. The summed E-state index contributed by atoms with van der Waals surface area (Å²) in [5.41, 5.74) is 0.831. The van der Waals surface area contributed by atoms with E-state index in [-0.39, 0.29) is 11.8 Å². The summed E-state index contributed by atoms with van der Waals surface area (Å²) in [7, 11) is 0. The Morgan fingerprint density at radius 3 is 2.75 bits per heavy atom. The number of anilines is 1. The van der Waals surface area contributed by atoms with Crippen LogP contribution in [0.3, 0.4) is 0 Å². The zero-order valence-corrected chi connectivity index (χ0v) is 11.4. The molecule has 3 rings (SSSR count). The highest BCUT2D eigenvalue weighted by molar-refractivity contribution is 7.15. The molecule has 20 heavy (non-hydrogen) atoms. The highest BCUT2D eigenvalue weighted by Crippen LogP contribution is 2.41. The third-order valence-electron chi connectivity index (χ3n) is 2.95. The topological polar surface area (TPSA) is 66.9 Å². The van der Waals surface area contributed by atoms with Gasteiger partial charge in [0.25, 0.3) is 0 Å². The van der Waals surface area contributed by atoms with Gasteiger partial charge in [0.1, 0.15) is 10.8 Å². The summed E-state index contributed by atoms with van der Waals surface area (Å²) in [4.78, 5) is 11.7. The second kappa shape index (κ2) is 5.54. The van der Waals surface area contributed by atoms with E-state index in [1.54, 1.807) is 12.1 Å². The number of aromatic nitrogens is 2. The van der Waals surface area contributed by atoms with E-state index in [4.69, 9.17) is 0 Å². The Morgan fingerprint density at radius 1 is 1.30 bits per heavy atom. The van der Waals surface area contributed by atoms with Gasteiger partial charge in [-0.15, -0.1) is 10.2 Å². The van der Waals surface area contributed by atoms with E-state index in [1.807, 2.05) is 0 Å². The molecule has 0 bridgehead atoms. The van der Waals surface area contributed by atoms with Crippen LogP contribution >= 0.6 is 11.3 Å². The Morgan fingerprint density at radius 2 is 2.05 bits per heavy atom. The smallest absolute Gasteiger partial charge is 0.321 e. The van der Waals surface area contributed by atoms with Crippen molar-refractivity contribution in [1.29, 1.82) is 0 Å². The minimum Gasteiger partial charge on any atom is -0.334 e. The van der Waals surface area contributed by atoms with Crippen molar-refractivity contribution < 1.29 is 9.18 Å². The third-order valence-corrected chi connectivity index (χ3v) is 3.96. The maximum absolute atomic E-state index is 12.7. The van der Waals surface area contributed by atoms with Crippen LogP contribution in [0.5, 0.6) is 0 Å². The van der Waals surface area contributed by atoms with Crippen molar-refractivity contribution in [3.8, 4) is 0 Å². The quantitative estimate of drug-likeness (QED) is 0.910. The molecule has 2 amide bonds. The lowest BCUT2D eigenvalue weighted by atomic mass is 10.2. The predicted octanol–water partition coefficient (Wildman–Crippen LogP) is 2.88. The molecule has 1 aromatic heterocycles. The second-order valence-electron chi connectivity index (χ2n) is 4.65. The van der Waals surface area contributed by atoms with Gasteiger partial charge in [0.15, 0.2) is 0 Å². The molecular formula is C13H13FN4OS. The number of benzene rings is 1. The molecule has 1 aromatic carbocycles. The molecule has 1 heterocycles. The Labute approximate surface area is 119 Å². The average molecular weight is 292 g/mol. The maximum Gasteiger partial charge on any atom is 0.321 e. The lowest BCUT2D eigenvalue weighted by molar-refractivity contribution is 0.251.